The molecule has 15 heavy (non-hydrogen) atoms. The number of hydrogen-bond acceptors (Lipinski definition) is 1. The maximum absolute atomic E-state index is 10.00. The van der Waals surface area contributed by atoms with Crippen LogP contribution in [0, 0.1) is 5.92 Å². The topological polar surface area (TPSA) is 20.2 Å². The Balaban J connectivity index is 2.57. The van der Waals surface area contributed by atoms with Gasteiger partial charge in [0.15, 0.2) is 0 Å². The number of benzene rings is 1. The highest BCUT2D eigenvalue weighted by Gasteiger charge is 2.15. The summed E-state index contributed by atoms with van der Waals surface area (Å²) >= 11 is 5.80. The first-order valence-electron chi connectivity index (χ1n) is 5.59. The predicted molar refractivity (Wildman–Crippen MR) is 65.2 cm³/mol. The summed E-state index contributed by atoms with van der Waals surface area (Å²) in [5.74, 6) is 0.403. The Labute approximate surface area is 97.1 Å². The summed E-state index contributed by atoms with van der Waals surface area (Å²) in [4.78, 5) is 0. The van der Waals surface area contributed by atoms with Gasteiger partial charge in [-0.1, -0.05) is 50.4 Å². The summed E-state index contributed by atoms with van der Waals surface area (Å²) in [7, 11) is 0. The van der Waals surface area contributed by atoms with Crippen LogP contribution < -0.4 is 0 Å². The largest absolute Gasteiger partial charge is 0.392 e. The molecule has 0 saturated carbocycles. The van der Waals surface area contributed by atoms with Crippen LogP contribution in [0.1, 0.15) is 32.3 Å². The standard InChI is InChI=1S/C13H19ClO/c1-3-11(4-2)13(15)9-10-5-7-12(14)8-6-10/h5-8,11,13,15H,3-4,9H2,1-2H3. The van der Waals surface area contributed by atoms with Gasteiger partial charge in [0.05, 0.1) is 6.10 Å². The Kier molecular flexibility index (Phi) is 5.13. The third kappa shape index (κ3) is 3.84. The van der Waals surface area contributed by atoms with Crippen molar-refractivity contribution in [2.45, 2.75) is 39.2 Å². The van der Waals surface area contributed by atoms with Gasteiger partial charge in [0.25, 0.3) is 0 Å². The van der Waals surface area contributed by atoms with E-state index in [0.717, 1.165) is 29.8 Å². The highest BCUT2D eigenvalue weighted by molar-refractivity contribution is 6.30. The molecule has 1 N–H and O–H groups in total. The Morgan fingerprint density at radius 1 is 1.13 bits per heavy atom. The van der Waals surface area contributed by atoms with E-state index in [1.54, 1.807) is 0 Å². The third-order valence-corrected chi connectivity index (χ3v) is 3.20. The fourth-order valence-corrected chi connectivity index (χ4v) is 1.99. The molecule has 0 bridgehead atoms. The minimum Gasteiger partial charge on any atom is -0.392 e. The predicted octanol–water partition coefficient (Wildman–Crippen LogP) is 3.68. The maximum Gasteiger partial charge on any atom is 0.0608 e. The number of aliphatic hydroxyl groups is 1. The molecule has 0 aromatic heterocycles. The van der Waals surface area contributed by atoms with Crippen molar-refractivity contribution >= 4 is 11.6 Å². The Morgan fingerprint density at radius 3 is 2.13 bits per heavy atom. The van der Waals surface area contributed by atoms with E-state index in [-0.39, 0.29) is 6.10 Å². The molecule has 2 heteroatoms. The van der Waals surface area contributed by atoms with Crippen molar-refractivity contribution in [1.29, 1.82) is 0 Å². The van der Waals surface area contributed by atoms with Gasteiger partial charge in [-0.25, -0.2) is 0 Å². The smallest absolute Gasteiger partial charge is 0.0608 e. The Morgan fingerprint density at radius 2 is 1.67 bits per heavy atom. The fraction of sp³-hybridized carbons (Fsp3) is 0.538. The number of halogens is 1. The van der Waals surface area contributed by atoms with Crippen LogP contribution >= 0.6 is 11.6 Å². The lowest BCUT2D eigenvalue weighted by molar-refractivity contribution is 0.103. The molecule has 84 valence electrons. The van der Waals surface area contributed by atoms with Crippen molar-refractivity contribution in [3.05, 3.63) is 34.9 Å². The van der Waals surface area contributed by atoms with Gasteiger partial charge >= 0.3 is 0 Å². The summed E-state index contributed by atoms with van der Waals surface area (Å²) in [6, 6.07) is 7.70. The van der Waals surface area contributed by atoms with Crippen LogP contribution in [0.15, 0.2) is 24.3 Å². The van der Waals surface area contributed by atoms with Crippen molar-refractivity contribution in [2.75, 3.05) is 0 Å². The van der Waals surface area contributed by atoms with Crippen molar-refractivity contribution in [1.82, 2.24) is 0 Å². The number of hydrogen-bond donors (Lipinski definition) is 1. The van der Waals surface area contributed by atoms with Gasteiger partial charge in [0, 0.05) is 5.02 Å². The van der Waals surface area contributed by atoms with Gasteiger partial charge in [0.2, 0.25) is 0 Å². The van der Waals surface area contributed by atoms with Crippen LogP contribution in [-0.4, -0.2) is 11.2 Å². The van der Waals surface area contributed by atoms with Crippen LogP contribution in [0.4, 0.5) is 0 Å². The van der Waals surface area contributed by atoms with Crippen LogP contribution in [0.5, 0.6) is 0 Å². The average Bonchev–Trinajstić information content (AvgIpc) is 2.23. The molecule has 1 aromatic carbocycles. The SMILES string of the molecule is CCC(CC)C(O)Cc1ccc(Cl)cc1. The van der Waals surface area contributed by atoms with Gasteiger partial charge in [0.1, 0.15) is 0 Å². The molecular formula is C13H19ClO. The minimum absolute atomic E-state index is 0.235. The lowest BCUT2D eigenvalue weighted by Gasteiger charge is -2.19. The summed E-state index contributed by atoms with van der Waals surface area (Å²) < 4.78 is 0. The summed E-state index contributed by atoms with van der Waals surface area (Å²) in [5, 5.41) is 10.7. The lowest BCUT2D eigenvalue weighted by atomic mass is 9.92. The molecule has 0 radical (unpaired) electrons. The van der Waals surface area contributed by atoms with E-state index in [2.05, 4.69) is 13.8 Å². The highest BCUT2D eigenvalue weighted by atomic mass is 35.5. The van der Waals surface area contributed by atoms with E-state index in [0.29, 0.717) is 5.92 Å². The zero-order valence-corrected chi connectivity index (χ0v) is 10.2. The van der Waals surface area contributed by atoms with Crippen molar-refractivity contribution in [3.8, 4) is 0 Å². The van der Waals surface area contributed by atoms with Crippen molar-refractivity contribution in [2.24, 2.45) is 5.92 Å². The quantitative estimate of drug-likeness (QED) is 0.812. The normalized spacial score (nSPS) is 13.1. The first kappa shape index (κ1) is 12.5. The molecule has 1 rings (SSSR count). The van der Waals surface area contributed by atoms with E-state index in [4.69, 9.17) is 11.6 Å². The molecule has 0 spiro atoms. The van der Waals surface area contributed by atoms with E-state index in [1.165, 1.54) is 0 Å². The van der Waals surface area contributed by atoms with E-state index in [1.807, 2.05) is 24.3 Å². The molecular weight excluding hydrogens is 208 g/mol. The number of aliphatic hydroxyl groups excluding tert-OH is 1. The summed E-state index contributed by atoms with van der Waals surface area (Å²) in [6.45, 7) is 4.25. The van der Waals surface area contributed by atoms with Gasteiger partial charge < -0.3 is 5.11 Å². The summed E-state index contributed by atoms with van der Waals surface area (Å²) in [5.41, 5.74) is 1.15. The highest BCUT2D eigenvalue weighted by Crippen LogP contribution is 2.18. The third-order valence-electron chi connectivity index (χ3n) is 2.95. The summed E-state index contributed by atoms with van der Waals surface area (Å²) in [6.07, 6.45) is 2.56. The molecule has 0 saturated heterocycles. The first-order chi connectivity index (χ1) is 7.17. The van der Waals surface area contributed by atoms with E-state index < -0.39 is 0 Å². The zero-order valence-electron chi connectivity index (χ0n) is 9.41. The first-order valence-corrected chi connectivity index (χ1v) is 5.97. The molecule has 0 fully saturated rings. The van der Waals surface area contributed by atoms with Crippen molar-refractivity contribution in [3.63, 3.8) is 0 Å². The van der Waals surface area contributed by atoms with E-state index >= 15 is 0 Å². The Hall–Kier alpha value is -0.530. The molecule has 0 amide bonds. The molecule has 0 aliphatic heterocycles. The monoisotopic (exact) mass is 226 g/mol. The average molecular weight is 227 g/mol. The Bertz CT molecular complexity index is 277. The van der Waals surface area contributed by atoms with Gasteiger partial charge in [-0.3, -0.25) is 0 Å². The van der Waals surface area contributed by atoms with Crippen LogP contribution in [0.25, 0.3) is 0 Å². The molecule has 1 nitrogen and oxygen atoms in total. The zero-order chi connectivity index (χ0) is 11.3. The molecule has 0 aliphatic carbocycles. The van der Waals surface area contributed by atoms with Crippen LogP contribution in [0.3, 0.4) is 0 Å². The van der Waals surface area contributed by atoms with Gasteiger partial charge in [-0.2, -0.15) is 0 Å². The van der Waals surface area contributed by atoms with Crippen LogP contribution in [0.2, 0.25) is 5.02 Å². The second-order valence-corrected chi connectivity index (χ2v) is 4.41. The van der Waals surface area contributed by atoms with Crippen molar-refractivity contribution < 1.29 is 5.11 Å². The molecule has 1 atom stereocenters. The number of rotatable bonds is 5. The molecule has 1 aromatic rings. The lowest BCUT2D eigenvalue weighted by Crippen LogP contribution is -2.21. The second kappa shape index (κ2) is 6.14. The van der Waals surface area contributed by atoms with E-state index in [9.17, 15) is 5.11 Å². The molecule has 0 aliphatic rings. The molecule has 1 unspecified atom stereocenters. The molecule has 0 heterocycles. The maximum atomic E-state index is 10.00. The fourth-order valence-electron chi connectivity index (χ4n) is 1.86. The van der Waals surface area contributed by atoms with Crippen LogP contribution in [-0.2, 0) is 6.42 Å². The second-order valence-electron chi connectivity index (χ2n) is 3.97. The van der Waals surface area contributed by atoms with Gasteiger partial charge in [-0.15, -0.1) is 0 Å². The van der Waals surface area contributed by atoms with Gasteiger partial charge in [-0.05, 0) is 30.0 Å². The minimum atomic E-state index is -0.235.